The number of nitrogens with one attached hydrogen (secondary N) is 1. The number of H-pyrrole nitrogens is 1. The van der Waals surface area contributed by atoms with Gasteiger partial charge in [-0.25, -0.2) is 0 Å². The SMILES string of the molecule is CCC(=O)Cc1ccc(C(=O)C(F)(F)F)[nH]1. The molecule has 1 aromatic rings. The van der Waals surface area contributed by atoms with Crippen LogP contribution in [-0.2, 0) is 11.2 Å². The molecule has 3 nitrogen and oxygen atoms in total. The Morgan fingerprint density at radius 2 is 1.94 bits per heavy atom. The van der Waals surface area contributed by atoms with E-state index < -0.39 is 17.7 Å². The van der Waals surface area contributed by atoms with Crippen LogP contribution in [0.4, 0.5) is 13.2 Å². The van der Waals surface area contributed by atoms with Crippen LogP contribution in [-0.4, -0.2) is 22.7 Å². The van der Waals surface area contributed by atoms with E-state index in [9.17, 15) is 22.8 Å². The normalized spacial score (nSPS) is 11.5. The zero-order chi connectivity index (χ0) is 12.3. The molecule has 1 rings (SSSR count). The Balaban J connectivity index is 2.80. The fourth-order valence-electron chi connectivity index (χ4n) is 1.17. The Morgan fingerprint density at radius 1 is 1.31 bits per heavy atom. The summed E-state index contributed by atoms with van der Waals surface area (Å²) in [6, 6.07) is 2.35. The molecule has 0 radical (unpaired) electrons. The summed E-state index contributed by atoms with van der Waals surface area (Å²) in [5, 5.41) is 0. The van der Waals surface area contributed by atoms with Gasteiger partial charge >= 0.3 is 6.18 Å². The van der Waals surface area contributed by atoms with Crippen molar-refractivity contribution in [2.45, 2.75) is 25.9 Å². The van der Waals surface area contributed by atoms with E-state index in [4.69, 9.17) is 0 Å². The van der Waals surface area contributed by atoms with Crippen LogP contribution < -0.4 is 0 Å². The Hall–Kier alpha value is -1.59. The van der Waals surface area contributed by atoms with Gasteiger partial charge in [0.15, 0.2) is 0 Å². The van der Waals surface area contributed by atoms with Crippen molar-refractivity contribution in [1.29, 1.82) is 0 Å². The third-order valence-electron chi connectivity index (χ3n) is 2.03. The second-order valence-electron chi connectivity index (χ2n) is 3.29. The Kier molecular flexibility index (Phi) is 3.51. The highest BCUT2D eigenvalue weighted by Crippen LogP contribution is 2.21. The summed E-state index contributed by atoms with van der Waals surface area (Å²) in [5.41, 5.74) is -0.217. The van der Waals surface area contributed by atoms with E-state index in [1.165, 1.54) is 6.07 Å². The quantitative estimate of drug-likeness (QED) is 0.811. The molecule has 1 heterocycles. The predicted molar refractivity (Wildman–Crippen MR) is 50.2 cm³/mol. The lowest BCUT2D eigenvalue weighted by atomic mass is 10.2. The topological polar surface area (TPSA) is 49.9 Å². The molecule has 1 N–H and O–H groups in total. The molecule has 0 saturated heterocycles. The van der Waals surface area contributed by atoms with Gasteiger partial charge in [0.2, 0.25) is 0 Å². The number of rotatable bonds is 4. The van der Waals surface area contributed by atoms with Crippen LogP contribution in [0.5, 0.6) is 0 Å². The maximum Gasteiger partial charge on any atom is 0.456 e. The van der Waals surface area contributed by atoms with Crippen LogP contribution in [0.15, 0.2) is 12.1 Å². The first-order chi connectivity index (χ1) is 7.34. The first-order valence-electron chi connectivity index (χ1n) is 4.65. The standard InChI is InChI=1S/C10H10F3NO2/c1-2-7(15)5-6-3-4-8(14-6)9(16)10(11,12)13/h3-4,14H,2,5H2,1H3. The number of Topliss-reactive ketones (excluding diaryl/α,β-unsaturated/α-hetero) is 2. The average molecular weight is 233 g/mol. The van der Waals surface area contributed by atoms with Crippen molar-refractivity contribution in [2.24, 2.45) is 0 Å². The second kappa shape index (κ2) is 4.51. The van der Waals surface area contributed by atoms with Crippen molar-refractivity contribution in [2.75, 3.05) is 0 Å². The molecule has 6 heteroatoms. The molecule has 0 fully saturated rings. The fourth-order valence-corrected chi connectivity index (χ4v) is 1.17. The Labute approximate surface area is 89.6 Å². The maximum absolute atomic E-state index is 12.0. The van der Waals surface area contributed by atoms with Crippen molar-refractivity contribution in [3.63, 3.8) is 0 Å². The van der Waals surface area contributed by atoms with Crippen molar-refractivity contribution in [3.05, 3.63) is 23.5 Å². The van der Waals surface area contributed by atoms with Crippen LogP contribution >= 0.6 is 0 Å². The lowest BCUT2D eigenvalue weighted by molar-refractivity contribution is -0.118. The van der Waals surface area contributed by atoms with Gasteiger partial charge in [0.25, 0.3) is 5.78 Å². The lowest BCUT2D eigenvalue weighted by Gasteiger charge is -2.02. The molecule has 0 aliphatic rings. The molecule has 16 heavy (non-hydrogen) atoms. The molecule has 0 aliphatic carbocycles. The average Bonchev–Trinajstić information content (AvgIpc) is 2.63. The number of carbonyl (C=O) groups excluding carboxylic acids is 2. The van der Waals surface area contributed by atoms with Gasteiger partial charge in [0, 0.05) is 18.5 Å². The molecule has 0 unspecified atom stereocenters. The molecule has 0 aromatic carbocycles. The van der Waals surface area contributed by atoms with Crippen molar-refractivity contribution < 1.29 is 22.8 Å². The van der Waals surface area contributed by atoms with E-state index in [0.29, 0.717) is 12.1 Å². The number of aromatic nitrogens is 1. The van der Waals surface area contributed by atoms with Gasteiger partial charge in [0.1, 0.15) is 5.78 Å². The zero-order valence-electron chi connectivity index (χ0n) is 8.52. The number of ketones is 2. The molecule has 0 spiro atoms. The summed E-state index contributed by atoms with van der Waals surface area (Å²) >= 11 is 0. The van der Waals surface area contributed by atoms with Crippen LogP contribution in [0.1, 0.15) is 29.5 Å². The van der Waals surface area contributed by atoms with E-state index in [1.807, 2.05) is 0 Å². The van der Waals surface area contributed by atoms with Crippen LogP contribution in [0, 0.1) is 0 Å². The molecule has 0 atom stereocenters. The summed E-state index contributed by atoms with van der Waals surface area (Å²) in [6.07, 6.45) is -4.57. The van der Waals surface area contributed by atoms with Gasteiger partial charge in [-0.05, 0) is 12.1 Å². The molecule has 1 aromatic heterocycles. The number of hydrogen-bond acceptors (Lipinski definition) is 2. The minimum Gasteiger partial charge on any atom is -0.355 e. The van der Waals surface area contributed by atoms with Gasteiger partial charge < -0.3 is 4.98 Å². The monoisotopic (exact) mass is 233 g/mol. The minimum atomic E-state index is -4.89. The van der Waals surface area contributed by atoms with Crippen molar-refractivity contribution in [1.82, 2.24) is 4.98 Å². The summed E-state index contributed by atoms with van der Waals surface area (Å²) in [7, 11) is 0. The van der Waals surface area contributed by atoms with E-state index in [2.05, 4.69) is 4.98 Å². The highest BCUT2D eigenvalue weighted by atomic mass is 19.4. The minimum absolute atomic E-state index is 0.0155. The maximum atomic E-state index is 12.0. The summed E-state index contributed by atoms with van der Waals surface area (Å²) in [6.45, 7) is 1.66. The third kappa shape index (κ3) is 2.95. The number of carbonyl (C=O) groups is 2. The van der Waals surface area contributed by atoms with Gasteiger partial charge in [-0.3, -0.25) is 9.59 Å². The van der Waals surface area contributed by atoms with Gasteiger partial charge in [-0.2, -0.15) is 13.2 Å². The molecule has 88 valence electrons. The van der Waals surface area contributed by atoms with E-state index in [0.717, 1.165) is 6.07 Å². The molecule has 0 bridgehead atoms. The first kappa shape index (κ1) is 12.5. The number of halogens is 3. The van der Waals surface area contributed by atoms with E-state index in [-0.39, 0.29) is 12.2 Å². The summed E-state index contributed by atoms with van der Waals surface area (Å²) in [5.74, 6) is -2.03. The van der Waals surface area contributed by atoms with Crippen molar-refractivity contribution in [3.8, 4) is 0 Å². The first-order valence-corrected chi connectivity index (χ1v) is 4.65. The molecule has 0 saturated carbocycles. The van der Waals surface area contributed by atoms with Crippen LogP contribution in [0.25, 0.3) is 0 Å². The van der Waals surface area contributed by atoms with Gasteiger partial charge in [-0.1, -0.05) is 6.92 Å². The highest BCUT2D eigenvalue weighted by Gasteiger charge is 2.40. The summed E-state index contributed by atoms with van der Waals surface area (Å²) < 4.78 is 36.1. The predicted octanol–water partition coefficient (Wildman–Crippen LogP) is 2.28. The van der Waals surface area contributed by atoms with E-state index in [1.54, 1.807) is 6.92 Å². The smallest absolute Gasteiger partial charge is 0.355 e. The van der Waals surface area contributed by atoms with Gasteiger partial charge in [0.05, 0.1) is 5.69 Å². The lowest BCUT2D eigenvalue weighted by Crippen LogP contribution is -2.23. The van der Waals surface area contributed by atoms with Crippen LogP contribution in [0.2, 0.25) is 0 Å². The largest absolute Gasteiger partial charge is 0.456 e. The number of hydrogen-bond donors (Lipinski definition) is 1. The van der Waals surface area contributed by atoms with Crippen LogP contribution in [0.3, 0.4) is 0 Å². The third-order valence-corrected chi connectivity index (χ3v) is 2.03. The zero-order valence-corrected chi connectivity index (χ0v) is 8.52. The highest BCUT2D eigenvalue weighted by molar-refractivity contribution is 5.98. The fraction of sp³-hybridized carbons (Fsp3) is 0.400. The Morgan fingerprint density at radius 3 is 2.44 bits per heavy atom. The molecular formula is C10H10F3NO2. The van der Waals surface area contributed by atoms with Gasteiger partial charge in [-0.15, -0.1) is 0 Å². The number of alkyl halides is 3. The Bertz CT molecular complexity index is 406. The molecular weight excluding hydrogens is 223 g/mol. The van der Waals surface area contributed by atoms with E-state index >= 15 is 0 Å². The molecule has 0 aliphatic heterocycles. The van der Waals surface area contributed by atoms with Crippen molar-refractivity contribution >= 4 is 11.6 Å². The second-order valence-corrected chi connectivity index (χ2v) is 3.29. The molecule has 0 amide bonds. The number of aromatic amines is 1. The summed E-state index contributed by atoms with van der Waals surface area (Å²) in [4.78, 5) is 24.1.